The lowest BCUT2D eigenvalue weighted by Crippen LogP contribution is -2.48. The maximum atomic E-state index is 13.8. The molecule has 0 aromatic heterocycles. The number of fused-ring (bicyclic) bond motifs is 1. The first kappa shape index (κ1) is 32.5. The highest BCUT2D eigenvalue weighted by atomic mass is 35.5. The third-order valence-electron chi connectivity index (χ3n) is 7.94. The standard InChI is InChI=1S/C35H44ClN3O4/c1-5-24(25-9-7-6-8-10-25)23-39-20-18-30(38-31(33(39)41)17-19-37-34(42)43-35(2,3)4)15-16-32(40)28-12-11-27-22-29(36)14-13-26(27)21-28/h6-14,21-22,24,30-31,38H,5,15-20,23H2,1-4H3,(H,37,42)/t24-,30-,31+/m1/s1. The largest absolute Gasteiger partial charge is 0.444 e. The first-order valence-electron chi connectivity index (χ1n) is 15.3. The molecule has 0 unspecified atom stereocenters. The van der Waals surface area contributed by atoms with Crippen LogP contribution in [0, 0.1) is 0 Å². The SMILES string of the molecule is CC[C@H](CN1CC[C@@H](CCC(=O)c2ccc3cc(Cl)ccc3c2)N[C@@H](CCNC(=O)OC(C)(C)C)C1=O)c1ccccc1. The minimum absolute atomic E-state index is 0.0134. The van der Waals surface area contributed by atoms with E-state index in [0.717, 1.165) is 23.6 Å². The summed E-state index contributed by atoms with van der Waals surface area (Å²) in [7, 11) is 0. The lowest BCUT2D eigenvalue weighted by atomic mass is 9.95. The van der Waals surface area contributed by atoms with E-state index in [-0.39, 0.29) is 23.7 Å². The Bertz CT molecular complexity index is 1410. The van der Waals surface area contributed by atoms with E-state index in [1.54, 1.807) is 0 Å². The van der Waals surface area contributed by atoms with Crippen LogP contribution >= 0.6 is 11.6 Å². The van der Waals surface area contributed by atoms with Crippen molar-refractivity contribution in [3.05, 3.63) is 82.9 Å². The third-order valence-corrected chi connectivity index (χ3v) is 8.18. The zero-order chi connectivity index (χ0) is 31.0. The van der Waals surface area contributed by atoms with E-state index in [4.69, 9.17) is 16.3 Å². The van der Waals surface area contributed by atoms with Gasteiger partial charge < -0.3 is 20.3 Å². The zero-order valence-corrected chi connectivity index (χ0v) is 26.5. The van der Waals surface area contributed by atoms with Gasteiger partial charge in [0, 0.05) is 48.6 Å². The molecule has 1 saturated heterocycles. The minimum Gasteiger partial charge on any atom is -0.444 e. The Balaban J connectivity index is 1.43. The van der Waals surface area contributed by atoms with Gasteiger partial charge in [-0.15, -0.1) is 0 Å². The van der Waals surface area contributed by atoms with Crippen molar-refractivity contribution in [3.63, 3.8) is 0 Å². The van der Waals surface area contributed by atoms with Gasteiger partial charge in [0.1, 0.15) is 5.60 Å². The van der Waals surface area contributed by atoms with Crippen LogP contribution in [0.3, 0.4) is 0 Å². The number of halogens is 1. The van der Waals surface area contributed by atoms with Crippen molar-refractivity contribution in [1.82, 2.24) is 15.5 Å². The average Bonchev–Trinajstić information content (AvgIpc) is 3.12. The Kier molecular flexibility index (Phi) is 11.2. The number of hydrogen-bond donors (Lipinski definition) is 2. The van der Waals surface area contributed by atoms with Gasteiger partial charge in [0.2, 0.25) is 5.91 Å². The van der Waals surface area contributed by atoms with Gasteiger partial charge in [0.05, 0.1) is 6.04 Å². The van der Waals surface area contributed by atoms with Crippen LogP contribution in [0.1, 0.15) is 81.6 Å². The molecule has 43 heavy (non-hydrogen) atoms. The number of carbonyl (C=O) groups is 3. The number of ether oxygens (including phenoxy) is 1. The monoisotopic (exact) mass is 605 g/mol. The molecule has 3 atom stereocenters. The molecular formula is C35H44ClN3O4. The van der Waals surface area contributed by atoms with Crippen LogP contribution in [0.5, 0.6) is 0 Å². The van der Waals surface area contributed by atoms with Crippen molar-refractivity contribution in [2.75, 3.05) is 19.6 Å². The number of nitrogens with zero attached hydrogens (tertiary/aromatic N) is 1. The Labute approximate surface area is 260 Å². The molecule has 0 spiro atoms. The van der Waals surface area contributed by atoms with Crippen LogP contribution < -0.4 is 10.6 Å². The summed E-state index contributed by atoms with van der Waals surface area (Å²) in [4.78, 5) is 41.2. The van der Waals surface area contributed by atoms with Crippen molar-refractivity contribution in [2.24, 2.45) is 0 Å². The molecule has 230 valence electrons. The van der Waals surface area contributed by atoms with Crippen molar-refractivity contribution < 1.29 is 19.1 Å². The minimum atomic E-state index is -0.598. The normalized spacial score (nSPS) is 18.3. The molecule has 1 aliphatic rings. The molecule has 1 heterocycles. The van der Waals surface area contributed by atoms with Crippen molar-refractivity contribution in [2.45, 2.75) is 83.4 Å². The van der Waals surface area contributed by atoms with Crippen molar-refractivity contribution in [1.29, 1.82) is 0 Å². The van der Waals surface area contributed by atoms with Crippen LogP contribution in [-0.2, 0) is 9.53 Å². The molecule has 0 aliphatic carbocycles. The summed E-state index contributed by atoms with van der Waals surface area (Å²) >= 11 is 6.11. The summed E-state index contributed by atoms with van der Waals surface area (Å²) in [5.74, 6) is 0.332. The van der Waals surface area contributed by atoms with Crippen LogP contribution in [0.25, 0.3) is 10.8 Å². The number of nitrogens with one attached hydrogen (secondary N) is 2. The molecule has 3 aromatic rings. The van der Waals surface area contributed by atoms with E-state index in [1.807, 2.05) is 80.3 Å². The average molecular weight is 606 g/mol. The summed E-state index contributed by atoms with van der Waals surface area (Å²) in [5, 5.41) is 8.97. The van der Waals surface area contributed by atoms with Gasteiger partial charge in [-0.25, -0.2) is 4.79 Å². The van der Waals surface area contributed by atoms with E-state index >= 15 is 0 Å². The summed E-state index contributed by atoms with van der Waals surface area (Å²) < 4.78 is 5.37. The van der Waals surface area contributed by atoms with Crippen molar-refractivity contribution >= 4 is 40.2 Å². The molecule has 0 radical (unpaired) electrons. The maximum Gasteiger partial charge on any atom is 0.407 e. The van der Waals surface area contributed by atoms with Gasteiger partial charge in [0.15, 0.2) is 5.78 Å². The second-order valence-electron chi connectivity index (χ2n) is 12.4. The van der Waals surface area contributed by atoms with Crippen molar-refractivity contribution in [3.8, 4) is 0 Å². The molecule has 1 fully saturated rings. The third kappa shape index (κ3) is 9.54. The van der Waals surface area contributed by atoms with E-state index in [0.29, 0.717) is 49.5 Å². The molecule has 2 N–H and O–H groups in total. The van der Waals surface area contributed by atoms with Gasteiger partial charge >= 0.3 is 6.09 Å². The fourth-order valence-electron chi connectivity index (χ4n) is 5.63. The number of amides is 2. The smallest absolute Gasteiger partial charge is 0.407 e. The number of hydrogen-bond acceptors (Lipinski definition) is 5. The highest BCUT2D eigenvalue weighted by Gasteiger charge is 2.32. The molecular weight excluding hydrogens is 562 g/mol. The van der Waals surface area contributed by atoms with E-state index < -0.39 is 17.7 Å². The number of carbonyl (C=O) groups excluding carboxylic acids is 3. The highest BCUT2D eigenvalue weighted by molar-refractivity contribution is 6.31. The van der Waals surface area contributed by atoms with Gasteiger partial charge in [-0.1, -0.05) is 67.1 Å². The molecule has 7 nitrogen and oxygen atoms in total. The Morgan fingerprint density at radius 1 is 1.05 bits per heavy atom. The second kappa shape index (κ2) is 14.8. The molecule has 0 bridgehead atoms. The summed E-state index contributed by atoms with van der Waals surface area (Å²) in [6.45, 7) is 9.14. The molecule has 1 aliphatic heterocycles. The fraction of sp³-hybridized carbons (Fsp3) is 0.457. The van der Waals surface area contributed by atoms with E-state index in [2.05, 4.69) is 29.7 Å². The Hall–Kier alpha value is -3.42. The maximum absolute atomic E-state index is 13.8. The lowest BCUT2D eigenvalue weighted by molar-refractivity contribution is -0.133. The number of benzene rings is 3. The lowest BCUT2D eigenvalue weighted by Gasteiger charge is -2.28. The number of alkyl carbamates (subject to hydrolysis) is 1. The Morgan fingerprint density at radius 3 is 2.49 bits per heavy atom. The summed E-state index contributed by atoms with van der Waals surface area (Å²) in [6, 6.07) is 21.2. The molecule has 0 saturated carbocycles. The second-order valence-corrected chi connectivity index (χ2v) is 12.8. The molecule has 8 heteroatoms. The first-order valence-corrected chi connectivity index (χ1v) is 15.7. The molecule has 4 rings (SSSR count). The zero-order valence-electron chi connectivity index (χ0n) is 25.7. The molecule has 3 aromatic carbocycles. The predicted molar refractivity (Wildman–Crippen MR) is 173 cm³/mol. The van der Waals surface area contributed by atoms with Gasteiger partial charge in [-0.05, 0) is 81.0 Å². The van der Waals surface area contributed by atoms with Gasteiger partial charge in [0.25, 0.3) is 0 Å². The highest BCUT2D eigenvalue weighted by Crippen LogP contribution is 2.25. The Morgan fingerprint density at radius 2 is 1.77 bits per heavy atom. The van der Waals surface area contributed by atoms with Gasteiger partial charge in [-0.3, -0.25) is 9.59 Å². The van der Waals surface area contributed by atoms with Crippen LogP contribution in [0.15, 0.2) is 66.7 Å². The number of ketones is 1. The summed E-state index contributed by atoms with van der Waals surface area (Å²) in [5.41, 5.74) is 1.30. The molecule has 2 amide bonds. The van der Waals surface area contributed by atoms with Gasteiger partial charge in [-0.2, -0.15) is 0 Å². The fourth-order valence-corrected chi connectivity index (χ4v) is 5.81. The van der Waals surface area contributed by atoms with Crippen LogP contribution in [0.2, 0.25) is 5.02 Å². The quantitative estimate of drug-likeness (QED) is 0.227. The predicted octanol–water partition coefficient (Wildman–Crippen LogP) is 7.12. The first-order chi connectivity index (χ1) is 20.5. The van der Waals surface area contributed by atoms with E-state index in [1.165, 1.54) is 5.56 Å². The number of rotatable bonds is 11. The topological polar surface area (TPSA) is 87.7 Å². The van der Waals surface area contributed by atoms with Crippen LogP contribution in [0.4, 0.5) is 4.79 Å². The number of Topliss-reactive ketones (excluding diaryl/α,β-unsaturated/α-hetero) is 1. The summed E-state index contributed by atoms with van der Waals surface area (Å²) in [6.07, 6.45) is 2.58. The van der Waals surface area contributed by atoms with Crippen LogP contribution in [-0.4, -0.2) is 60.0 Å². The van der Waals surface area contributed by atoms with E-state index in [9.17, 15) is 14.4 Å².